The highest BCUT2D eigenvalue weighted by Gasteiger charge is 2.47. The number of aromatic nitrogens is 4. The highest BCUT2D eigenvalue weighted by Crippen LogP contribution is 2.44. The van der Waals surface area contributed by atoms with Crippen molar-refractivity contribution in [3.63, 3.8) is 0 Å². The van der Waals surface area contributed by atoms with E-state index in [9.17, 15) is 4.79 Å². The minimum absolute atomic E-state index is 0.00454. The van der Waals surface area contributed by atoms with Crippen LogP contribution in [0.2, 0.25) is 0 Å². The molecule has 2 aromatic heterocycles. The zero-order chi connectivity index (χ0) is 26.3. The summed E-state index contributed by atoms with van der Waals surface area (Å²) in [5, 5.41) is 5.73. The normalized spacial score (nSPS) is 23.1. The maximum Gasteiger partial charge on any atom is 0.246 e. The molecule has 2 saturated heterocycles. The van der Waals surface area contributed by atoms with Crippen molar-refractivity contribution in [2.24, 2.45) is 0 Å². The highest BCUT2D eigenvalue weighted by molar-refractivity contribution is 5.98. The lowest BCUT2D eigenvalue weighted by Gasteiger charge is -2.42. The zero-order valence-electron chi connectivity index (χ0n) is 21.3. The molecule has 2 N–H and O–H groups in total. The van der Waals surface area contributed by atoms with Crippen molar-refractivity contribution < 1.29 is 14.3 Å². The van der Waals surface area contributed by atoms with Crippen LogP contribution in [0.25, 0.3) is 22.3 Å². The topological polar surface area (TPSA) is 108 Å². The molecule has 1 amide bonds. The van der Waals surface area contributed by atoms with Crippen LogP contribution in [0.5, 0.6) is 11.5 Å². The number of benzene rings is 2. The Kier molecular flexibility index (Phi) is 6.07. The third kappa shape index (κ3) is 4.28. The number of ether oxygens (including phenoxy) is 2. The number of fused-ring (bicyclic) bond motifs is 1. The van der Waals surface area contributed by atoms with Crippen molar-refractivity contribution in [3.05, 3.63) is 73.6 Å². The average molecular weight is 511 g/mol. The molecule has 194 valence electrons. The Bertz CT molecular complexity index is 1490. The largest absolute Gasteiger partial charge is 0.457 e. The summed E-state index contributed by atoms with van der Waals surface area (Å²) in [5.74, 6) is 1.86. The number of para-hydroxylation sites is 1. The van der Waals surface area contributed by atoms with Crippen molar-refractivity contribution in [3.8, 4) is 22.8 Å². The van der Waals surface area contributed by atoms with Gasteiger partial charge >= 0.3 is 0 Å². The Hall–Kier alpha value is -4.24. The quantitative estimate of drug-likeness (QED) is 0.386. The number of nitrogen functional groups attached to an aromatic ring is 1. The molecule has 9 nitrogen and oxygen atoms in total. The van der Waals surface area contributed by atoms with Crippen LogP contribution in [0.15, 0.2) is 73.6 Å². The molecule has 2 aliphatic heterocycles. The number of amides is 1. The first-order chi connectivity index (χ1) is 18.5. The van der Waals surface area contributed by atoms with Crippen LogP contribution < -0.4 is 10.5 Å². The van der Waals surface area contributed by atoms with Crippen molar-refractivity contribution in [1.29, 1.82) is 0 Å². The Morgan fingerprint density at radius 3 is 2.63 bits per heavy atom. The van der Waals surface area contributed by atoms with E-state index in [0.717, 1.165) is 47.4 Å². The number of anilines is 1. The summed E-state index contributed by atoms with van der Waals surface area (Å²) >= 11 is 0. The summed E-state index contributed by atoms with van der Waals surface area (Å²) < 4.78 is 14.3. The fraction of sp³-hybridized carbons (Fsp3) is 0.310. The van der Waals surface area contributed by atoms with Crippen molar-refractivity contribution in [1.82, 2.24) is 24.6 Å². The second kappa shape index (κ2) is 9.57. The van der Waals surface area contributed by atoms with Gasteiger partial charge in [-0.25, -0.2) is 14.6 Å². The molecule has 6 rings (SSSR count). The molecule has 4 aromatic rings. The molecule has 3 unspecified atom stereocenters. The van der Waals surface area contributed by atoms with E-state index in [4.69, 9.17) is 20.3 Å². The van der Waals surface area contributed by atoms with E-state index in [2.05, 4.69) is 23.5 Å². The third-order valence-electron chi connectivity index (χ3n) is 7.63. The Balaban J connectivity index is 1.28. The van der Waals surface area contributed by atoms with E-state index in [1.54, 1.807) is 0 Å². The Morgan fingerprint density at radius 1 is 1.13 bits per heavy atom. The van der Waals surface area contributed by atoms with Gasteiger partial charge < -0.3 is 20.1 Å². The maximum atomic E-state index is 12.2. The minimum Gasteiger partial charge on any atom is -0.457 e. The molecule has 9 heteroatoms. The smallest absolute Gasteiger partial charge is 0.246 e. The number of carbonyl (C=O) groups is 1. The first-order valence-electron chi connectivity index (χ1n) is 12.9. The third-order valence-corrected chi connectivity index (χ3v) is 7.63. The van der Waals surface area contributed by atoms with Crippen LogP contribution in [0.1, 0.15) is 32.2 Å². The summed E-state index contributed by atoms with van der Waals surface area (Å²) in [5.41, 5.74) is 8.36. The summed E-state index contributed by atoms with van der Waals surface area (Å²) in [6.07, 6.45) is 5.20. The maximum absolute atomic E-state index is 12.2. The van der Waals surface area contributed by atoms with E-state index in [1.807, 2.05) is 64.2 Å². The second-order valence-electron chi connectivity index (χ2n) is 10.1. The highest BCUT2D eigenvalue weighted by atomic mass is 16.5. The summed E-state index contributed by atoms with van der Waals surface area (Å²) in [6, 6.07) is 17.5. The number of hydrogen-bond acceptors (Lipinski definition) is 7. The van der Waals surface area contributed by atoms with Crippen molar-refractivity contribution in [2.45, 2.75) is 43.9 Å². The fourth-order valence-corrected chi connectivity index (χ4v) is 5.79. The summed E-state index contributed by atoms with van der Waals surface area (Å²) in [4.78, 5) is 22.9. The van der Waals surface area contributed by atoms with E-state index in [-0.39, 0.29) is 23.6 Å². The molecule has 0 aliphatic carbocycles. The van der Waals surface area contributed by atoms with Gasteiger partial charge in [-0.2, -0.15) is 5.10 Å². The molecular weight excluding hydrogens is 480 g/mol. The van der Waals surface area contributed by atoms with Gasteiger partial charge in [0.05, 0.1) is 23.6 Å². The van der Waals surface area contributed by atoms with Crippen LogP contribution in [-0.2, 0) is 9.53 Å². The lowest BCUT2D eigenvalue weighted by atomic mass is 9.83. The Morgan fingerprint density at radius 2 is 1.89 bits per heavy atom. The second-order valence-corrected chi connectivity index (χ2v) is 10.1. The molecule has 3 atom stereocenters. The molecule has 2 fully saturated rings. The number of likely N-dealkylation sites (tertiary alicyclic amines) is 1. The summed E-state index contributed by atoms with van der Waals surface area (Å²) in [6.45, 7) is 6.87. The molecule has 38 heavy (non-hydrogen) atoms. The van der Waals surface area contributed by atoms with Gasteiger partial charge in [0.25, 0.3) is 0 Å². The van der Waals surface area contributed by atoms with Gasteiger partial charge in [0.15, 0.2) is 5.65 Å². The van der Waals surface area contributed by atoms with Gasteiger partial charge in [-0.05, 0) is 62.2 Å². The standard InChI is InChI=1S/C29H30N6O3/c1-3-24(36)34-14-13-29(15-19(34)2)16-21(17-37-29)35-28-25(27(30)31-18-32-28)26(33-35)20-9-11-23(12-10-20)38-22-7-5-4-6-8-22/h3-12,18-19,21H,1,13-17H2,2H3,(H2,30,31,32). The number of nitrogens with zero attached hydrogens (tertiary/aromatic N) is 5. The van der Waals surface area contributed by atoms with Crippen LogP contribution in [0.3, 0.4) is 0 Å². The predicted molar refractivity (Wildman–Crippen MR) is 145 cm³/mol. The zero-order valence-corrected chi connectivity index (χ0v) is 21.3. The number of hydrogen-bond donors (Lipinski definition) is 1. The van der Waals surface area contributed by atoms with Crippen LogP contribution in [0, 0.1) is 0 Å². The lowest BCUT2D eigenvalue weighted by molar-refractivity contribution is -0.134. The number of carbonyl (C=O) groups excluding carboxylic acids is 1. The SMILES string of the molecule is C=CC(=O)N1CCC2(CC1C)CC(n1nc(-c3ccc(Oc4ccccc4)cc3)c3c(N)ncnc31)CO2. The van der Waals surface area contributed by atoms with Crippen molar-refractivity contribution >= 4 is 22.8 Å². The van der Waals surface area contributed by atoms with E-state index in [1.165, 1.54) is 12.4 Å². The van der Waals surface area contributed by atoms with E-state index < -0.39 is 0 Å². The first-order valence-corrected chi connectivity index (χ1v) is 12.9. The number of nitrogens with two attached hydrogens (primary N) is 1. The molecule has 2 aromatic carbocycles. The van der Waals surface area contributed by atoms with Crippen LogP contribution in [-0.4, -0.2) is 55.4 Å². The monoisotopic (exact) mass is 510 g/mol. The average Bonchev–Trinajstić information content (AvgIpc) is 3.52. The van der Waals surface area contributed by atoms with Gasteiger partial charge in [-0.15, -0.1) is 0 Å². The molecule has 1 spiro atoms. The molecule has 2 aliphatic rings. The van der Waals surface area contributed by atoms with Crippen LogP contribution >= 0.6 is 0 Å². The van der Waals surface area contributed by atoms with Crippen LogP contribution in [0.4, 0.5) is 5.82 Å². The van der Waals surface area contributed by atoms with Gasteiger partial charge in [-0.1, -0.05) is 24.8 Å². The van der Waals surface area contributed by atoms with Gasteiger partial charge in [0.1, 0.15) is 29.3 Å². The number of rotatable bonds is 5. The first kappa shape index (κ1) is 24.1. The number of piperidine rings is 1. The van der Waals surface area contributed by atoms with Gasteiger partial charge in [0, 0.05) is 24.6 Å². The molecule has 0 saturated carbocycles. The van der Waals surface area contributed by atoms with E-state index in [0.29, 0.717) is 24.6 Å². The lowest BCUT2D eigenvalue weighted by Crippen LogP contribution is -2.51. The predicted octanol–water partition coefficient (Wildman–Crippen LogP) is 4.76. The molecule has 0 bridgehead atoms. The van der Waals surface area contributed by atoms with E-state index >= 15 is 0 Å². The molecular formula is C29H30N6O3. The van der Waals surface area contributed by atoms with Gasteiger partial charge in [0.2, 0.25) is 5.91 Å². The summed E-state index contributed by atoms with van der Waals surface area (Å²) in [7, 11) is 0. The Labute approximate surface area is 220 Å². The molecule has 4 heterocycles. The fourth-order valence-electron chi connectivity index (χ4n) is 5.79. The van der Waals surface area contributed by atoms with Crippen molar-refractivity contribution in [2.75, 3.05) is 18.9 Å². The van der Waals surface area contributed by atoms with Gasteiger partial charge in [-0.3, -0.25) is 4.79 Å². The molecule has 0 radical (unpaired) electrons. The minimum atomic E-state index is -0.296.